The van der Waals surface area contributed by atoms with Crippen LogP contribution in [0, 0.1) is 5.92 Å². The van der Waals surface area contributed by atoms with Crippen LogP contribution in [0.15, 0.2) is 24.3 Å². The molecule has 1 heterocycles. The minimum Gasteiger partial charge on any atom is -0.495 e. The normalized spacial score (nSPS) is 27.4. The fraction of sp³-hybridized carbons (Fsp3) is 0.357. The van der Waals surface area contributed by atoms with E-state index in [1.54, 1.807) is 19.2 Å². The number of hydrogen-bond donors (Lipinski definition) is 2. The monoisotopic (exact) mass is 279 g/mol. The lowest BCUT2D eigenvalue weighted by Gasteiger charge is -2.35. The third-order valence-corrected chi connectivity index (χ3v) is 4.24. The molecule has 2 N–H and O–H groups in total. The van der Waals surface area contributed by atoms with Crippen molar-refractivity contribution in [3.8, 4) is 5.75 Å². The van der Waals surface area contributed by atoms with Gasteiger partial charge < -0.3 is 15.2 Å². The lowest BCUT2D eigenvalue weighted by Crippen LogP contribution is -2.42. The molecule has 0 saturated carbocycles. The van der Waals surface area contributed by atoms with Crippen LogP contribution in [0.1, 0.15) is 17.9 Å². The van der Waals surface area contributed by atoms with E-state index in [4.69, 9.17) is 16.3 Å². The predicted octanol–water partition coefficient (Wildman–Crippen LogP) is 2.89. The number of rotatable bonds is 2. The van der Waals surface area contributed by atoms with Crippen molar-refractivity contribution < 1.29 is 14.6 Å². The van der Waals surface area contributed by atoms with Crippen LogP contribution in [0.3, 0.4) is 0 Å². The maximum absolute atomic E-state index is 11.4. The summed E-state index contributed by atoms with van der Waals surface area (Å²) >= 11 is 6.29. The Bertz CT molecular complexity index is 570. The molecule has 0 spiro atoms. The first-order chi connectivity index (χ1) is 9.13. The van der Waals surface area contributed by atoms with Gasteiger partial charge in [0.05, 0.1) is 12.8 Å². The van der Waals surface area contributed by atoms with Gasteiger partial charge in [0, 0.05) is 22.4 Å². The van der Waals surface area contributed by atoms with E-state index >= 15 is 0 Å². The molecule has 100 valence electrons. The van der Waals surface area contributed by atoms with Gasteiger partial charge in [-0.1, -0.05) is 23.8 Å². The summed E-state index contributed by atoms with van der Waals surface area (Å²) in [4.78, 5) is 11.4. The zero-order valence-electron chi connectivity index (χ0n) is 10.4. The van der Waals surface area contributed by atoms with E-state index in [0.29, 0.717) is 16.5 Å². The molecule has 0 amide bonds. The van der Waals surface area contributed by atoms with Crippen LogP contribution in [0.2, 0.25) is 5.02 Å². The van der Waals surface area contributed by atoms with Gasteiger partial charge in [-0.05, 0) is 18.6 Å². The molecule has 19 heavy (non-hydrogen) atoms. The zero-order chi connectivity index (χ0) is 13.6. The maximum Gasteiger partial charge on any atom is 0.326 e. The molecule has 3 rings (SSSR count). The number of allylic oxidation sites excluding steroid dienone is 2. The standard InChI is InChI=1S/C14H14ClNO3/c1-19-10-6-5-9(15)11-7-3-2-4-8(7)12(14(17)18)16-13(10)11/h2-3,5-8,12,16H,4H2,1H3,(H,17,18)/t7-,8-,12+/m1/s1. The van der Waals surface area contributed by atoms with Crippen LogP contribution in [-0.2, 0) is 4.79 Å². The third-order valence-electron chi connectivity index (χ3n) is 3.91. The molecular weight excluding hydrogens is 266 g/mol. The summed E-state index contributed by atoms with van der Waals surface area (Å²) in [6, 6.07) is 2.94. The van der Waals surface area contributed by atoms with Gasteiger partial charge in [0.2, 0.25) is 0 Å². The molecule has 1 aromatic rings. The highest BCUT2D eigenvalue weighted by Gasteiger charge is 2.42. The fourth-order valence-electron chi connectivity index (χ4n) is 3.05. The van der Waals surface area contributed by atoms with Crippen LogP contribution in [0.25, 0.3) is 0 Å². The van der Waals surface area contributed by atoms with Gasteiger partial charge in [-0.25, -0.2) is 4.79 Å². The van der Waals surface area contributed by atoms with Gasteiger partial charge in [-0.3, -0.25) is 0 Å². The molecule has 2 aliphatic rings. The van der Waals surface area contributed by atoms with Crippen molar-refractivity contribution in [3.63, 3.8) is 0 Å². The van der Waals surface area contributed by atoms with Crippen LogP contribution >= 0.6 is 11.6 Å². The number of anilines is 1. The van der Waals surface area contributed by atoms with Crippen molar-refractivity contribution in [2.45, 2.75) is 18.4 Å². The first kappa shape index (κ1) is 12.4. The van der Waals surface area contributed by atoms with Gasteiger partial charge in [-0.2, -0.15) is 0 Å². The summed E-state index contributed by atoms with van der Waals surface area (Å²) in [7, 11) is 1.57. The number of hydrogen-bond acceptors (Lipinski definition) is 3. The Morgan fingerprint density at radius 2 is 2.32 bits per heavy atom. The number of benzene rings is 1. The zero-order valence-corrected chi connectivity index (χ0v) is 11.1. The van der Waals surface area contributed by atoms with Crippen molar-refractivity contribution in [2.75, 3.05) is 12.4 Å². The first-order valence-corrected chi connectivity index (χ1v) is 6.53. The summed E-state index contributed by atoms with van der Waals surface area (Å²) in [5, 5.41) is 13.1. The van der Waals surface area contributed by atoms with Crippen molar-refractivity contribution in [3.05, 3.63) is 34.9 Å². The number of methoxy groups -OCH3 is 1. The molecule has 0 aromatic heterocycles. The Morgan fingerprint density at radius 1 is 1.53 bits per heavy atom. The number of carbonyl (C=O) groups is 1. The van der Waals surface area contributed by atoms with Gasteiger partial charge >= 0.3 is 5.97 Å². The molecule has 0 radical (unpaired) electrons. The number of aliphatic carboxylic acids is 1. The highest BCUT2D eigenvalue weighted by Crippen LogP contribution is 2.50. The summed E-state index contributed by atoms with van der Waals surface area (Å²) in [5.41, 5.74) is 1.65. The summed E-state index contributed by atoms with van der Waals surface area (Å²) in [5.74, 6) is -0.162. The predicted molar refractivity (Wildman–Crippen MR) is 73.0 cm³/mol. The van der Waals surface area contributed by atoms with Gasteiger partial charge in [0.15, 0.2) is 0 Å². The summed E-state index contributed by atoms with van der Waals surface area (Å²) < 4.78 is 5.31. The second-order valence-electron chi connectivity index (χ2n) is 4.85. The van der Waals surface area contributed by atoms with E-state index in [2.05, 4.69) is 5.32 Å². The molecule has 1 aliphatic heterocycles. The van der Waals surface area contributed by atoms with E-state index in [1.807, 2.05) is 12.2 Å². The average molecular weight is 280 g/mol. The number of fused-ring (bicyclic) bond motifs is 3. The molecule has 1 aliphatic carbocycles. The number of halogens is 1. The highest BCUT2D eigenvalue weighted by atomic mass is 35.5. The number of ether oxygens (including phenoxy) is 1. The molecule has 1 aromatic carbocycles. The second-order valence-corrected chi connectivity index (χ2v) is 5.26. The number of carboxylic acid groups (broad SMARTS) is 1. The third kappa shape index (κ3) is 1.78. The smallest absolute Gasteiger partial charge is 0.326 e. The van der Waals surface area contributed by atoms with Crippen LogP contribution in [0.4, 0.5) is 5.69 Å². The molecule has 0 unspecified atom stereocenters. The molecular formula is C14H14ClNO3. The lowest BCUT2D eigenvalue weighted by atomic mass is 9.79. The minimum atomic E-state index is -0.841. The SMILES string of the molecule is COc1ccc(Cl)c2c1N[C@H](C(=O)O)[C@@H]1CC=C[C@@H]21. The van der Waals surface area contributed by atoms with E-state index in [9.17, 15) is 9.90 Å². The Hall–Kier alpha value is -1.68. The number of carboxylic acids is 1. The summed E-state index contributed by atoms with van der Waals surface area (Å²) in [6.07, 6.45) is 4.82. The van der Waals surface area contributed by atoms with Crippen molar-refractivity contribution in [2.24, 2.45) is 5.92 Å². The lowest BCUT2D eigenvalue weighted by molar-refractivity contribution is -0.139. The Balaban J connectivity index is 2.17. The van der Waals surface area contributed by atoms with E-state index in [1.165, 1.54) is 0 Å². The fourth-order valence-corrected chi connectivity index (χ4v) is 3.34. The number of nitrogens with one attached hydrogen (secondary N) is 1. The molecule has 0 saturated heterocycles. The van der Waals surface area contributed by atoms with Crippen LogP contribution in [-0.4, -0.2) is 24.2 Å². The molecule has 0 bridgehead atoms. The van der Waals surface area contributed by atoms with E-state index in [0.717, 1.165) is 12.0 Å². The molecule has 0 fully saturated rings. The Labute approximate surface area is 116 Å². The molecule has 3 atom stereocenters. The van der Waals surface area contributed by atoms with E-state index < -0.39 is 12.0 Å². The Morgan fingerprint density at radius 3 is 3.00 bits per heavy atom. The average Bonchev–Trinajstić information content (AvgIpc) is 2.86. The van der Waals surface area contributed by atoms with Crippen molar-refractivity contribution >= 4 is 23.3 Å². The minimum absolute atomic E-state index is 0.00889. The van der Waals surface area contributed by atoms with E-state index in [-0.39, 0.29) is 11.8 Å². The Kier molecular flexibility index (Phi) is 2.90. The van der Waals surface area contributed by atoms with Crippen LogP contribution in [0.5, 0.6) is 5.75 Å². The second kappa shape index (κ2) is 4.46. The molecule has 5 heteroatoms. The van der Waals surface area contributed by atoms with Gasteiger partial charge in [-0.15, -0.1) is 0 Å². The highest BCUT2D eigenvalue weighted by molar-refractivity contribution is 6.32. The van der Waals surface area contributed by atoms with Crippen molar-refractivity contribution in [1.29, 1.82) is 0 Å². The van der Waals surface area contributed by atoms with Crippen molar-refractivity contribution in [1.82, 2.24) is 0 Å². The van der Waals surface area contributed by atoms with Crippen LogP contribution < -0.4 is 10.1 Å². The first-order valence-electron chi connectivity index (χ1n) is 6.16. The largest absolute Gasteiger partial charge is 0.495 e. The molecule has 4 nitrogen and oxygen atoms in total. The maximum atomic E-state index is 11.4. The van der Waals surface area contributed by atoms with Gasteiger partial charge in [0.1, 0.15) is 11.8 Å². The topological polar surface area (TPSA) is 58.6 Å². The van der Waals surface area contributed by atoms with Gasteiger partial charge in [0.25, 0.3) is 0 Å². The summed E-state index contributed by atoms with van der Waals surface area (Å²) in [6.45, 7) is 0. The quantitative estimate of drug-likeness (QED) is 0.817.